The van der Waals surface area contributed by atoms with E-state index in [1.165, 1.54) is 0 Å². The highest BCUT2D eigenvalue weighted by molar-refractivity contribution is 5.78. The van der Waals surface area contributed by atoms with Crippen LogP contribution in [0.1, 0.15) is 19.1 Å². The molecule has 3 aromatic rings. The van der Waals surface area contributed by atoms with E-state index in [1.807, 2.05) is 30.3 Å². The number of imidazole rings is 1. The van der Waals surface area contributed by atoms with E-state index in [1.54, 1.807) is 6.26 Å². The summed E-state index contributed by atoms with van der Waals surface area (Å²) in [7, 11) is 0. The molecule has 0 fully saturated rings. The Morgan fingerprint density at radius 1 is 1.25 bits per heavy atom. The molecular weight excluding hydrogens is 254 g/mol. The van der Waals surface area contributed by atoms with Crippen molar-refractivity contribution >= 4 is 16.7 Å². The molecule has 0 radical (unpaired) electrons. The van der Waals surface area contributed by atoms with Crippen LogP contribution < -0.4 is 11.0 Å². The van der Waals surface area contributed by atoms with Gasteiger partial charge in [0, 0.05) is 18.2 Å². The van der Waals surface area contributed by atoms with Gasteiger partial charge in [-0.05, 0) is 43.7 Å². The van der Waals surface area contributed by atoms with Crippen LogP contribution in [0.25, 0.3) is 11.0 Å². The number of aromatic nitrogens is 2. The summed E-state index contributed by atoms with van der Waals surface area (Å²) in [5.41, 5.74) is 2.46. The van der Waals surface area contributed by atoms with Crippen LogP contribution in [0.3, 0.4) is 0 Å². The summed E-state index contributed by atoms with van der Waals surface area (Å²) in [6.07, 6.45) is 3.59. The Balaban J connectivity index is 1.64. The van der Waals surface area contributed by atoms with Crippen LogP contribution in [0.5, 0.6) is 0 Å². The number of rotatable bonds is 5. The van der Waals surface area contributed by atoms with Crippen LogP contribution in [0.15, 0.2) is 45.8 Å². The number of nitrogens with one attached hydrogen (secondary N) is 3. The van der Waals surface area contributed by atoms with Gasteiger partial charge in [0.2, 0.25) is 0 Å². The summed E-state index contributed by atoms with van der Waals surface area (Å²) in [5, 5.41) is 3.43. The third kappa shape index (κ3) is 2.77. The first-order chi connectivity index (χ1) is 9.70. The third-order valence-corrected chi connectivity index (χ3v) is 3.33. The summed E-state index contributed by atoms with van der Waals surface area (Å²) in [6.45, 7) is 2.13. The van der Waals surface area contributed by atoms with E-state index in [0.29, 0.717) is 6.04 Å². The molecular formula is C15H17N3O2. The fourth-order valence-corrected chi connectivity index (χ4v) is 2.29. The number of furan rings is 1. The van der Waals surface area contributed by atoms with Crippen molar-refractivity contribution in [3.63, 3.8) is 0 Å². The van der Waals surface area contributed by atoms with Crippen molar-refractivity contribution in [1.82, 2.24) is 9.97 Å². The average molecular weight is 271 g/mol. The molecule has 0 aliphatic heterocycles. The average Bonchev–Trinajstić information content (AvgIpc) is 3.04. The van der Waals surface area contributed by atoms with E-state index in [-0.39, 0.29) is 5.69 Å². The number of aromatic amines is 2. The van der Waals surface area contributed by atoms with Crippen LogP contribution in [0.2, 0.25) is 0 Å². The summed E-state index contributed by atoms with van der Waals surface area (Å²) in [6, 6.07) is 10.0. The number of anilines is 1. The van der Waals surface area contributed by atoms with Crippen LogP contribution >= 0.6 is 0 Å². The number of benzene rings is 1. The molecule has 5 heteroatoms. The lowest BCUT2D eigenvalue weighted by Crippen LogP contribution is -2.15. The summed E-state index contributed by atoms with van der Waals surface area (Å²) >= 11 is 0. The molecule has 0 saturated heterocycles. The van der Waals surface area contributed by atoms with Crippen molar-refractivity contribution in [1.29, 1.82) is 0 Å². The minimum atomic E-state index is -0.178. The van der Waals surface area contributed by atoms with Crippen molar-refractivity contribution in [2.75, 3.05) is 5.32 Å². The monoisotopic (exact) mass is 271 g/mol. The molecule has 1 unspecified atom stereocenters. The molecule has 1 atom stereocenters. The Kier molecular flexibility index (Phi) is 3.33. The number of aryl methyl sites for hydroxylation is 1. The van der Waals surface area contributed by atoms with Crippen LogP contribution in [0.4, 0.5) is 5.69 Å². The lowest BCUT2D eigenvalue weighted by Gasteiger charge is -2.14. The smallest absolute Gasteiger partial charge is 0.323 e. The Morgan fingerprint density at radius 2 is 2.10 bits per heavy atom. The van der Waals surface area contributed by atoms with Crippen molar-refractivity contribution in [2.24, 2.45) is 0 Å². The first-order valence-electron chi connectivity index (χ1n) is 6.72. The van der Waals surface area contributed by atoms with Gasteiger partial charge in [-0.2, -0.15) is 0 Å². The van der Waals surface area contributed by atoms with Gasteiger partial charge in [0.1, 0.15) is 5.76 Å². The molecule has 0 amide bonds. The van der Waals surface area contributed by atoms with Gasteiger partial charge in [0.15, 0.2) is 0 Å². The van der Waals surface area contributed by atoms with Crippen LogP contribution in [-0.2, 0) is 6.42 Å². The second-order valence-corrected chi connectivity index (χ2v) is 5.00. The summed E-state index contributed by atoms with van der Waals surface area (Å²) < 4.78 is 5.32. The van der Waals surface area contributed by atoms with Gasteiger partial charge in [0.05, 0.1) is 17.3 Å². The topological polar surface area (TPSA) is 73.8 Å². The van der Waals surface area contributed by atoms with Crippen molar-refractivity contribution in [3.8, 4) is 0 Å². The largest absolute Gasteiger partial charge is 0.469 e. The van der Waals surface area contributed by atoms with Crippen LogP contribution in [-0.4, -0.2) is 16.0 Å². The van der Waals surface area contributed by atoms with Crippen molar-refractivity contribution in [3.05, 3.63) is 52.8 Å². The molecule has 20 heavy (non-hydrogen) atoms. The van der Waals surface area contributed by atoms with E-state index < -0.39 is 0 Å². The lowest BCUT2D eigenvalue weighted by atomic mass is 10.1. The highest BCUT2D eigenvalue weighted by Gasteiger charge is 2.05. The molecule has 2 heterocycles. The fraction of sp³-hybridized carbons (Fsp3) is 0.267. The van der Waals surface area contributed by atoms with E-state index >= 15 is 0 Å². The zero-order chi connectivity index (χ0) is 13.9. The second-order valence-electron chi connectivity index (χ2n) is 5.00. The Morgan fingerprint density at radius 3 is 2.90 bits per heavy atom. The lowest BCUT2D eigenvalue weighted by molar-refractivity contribution is 0.495. The summed E-state index contributed by atoms with van der Waals surface area (Å²) in [5.74, 6) is 1.00. The maximum absolute atomic E-state index is 11.2. The zero-order valence-electron chi connectivity index (χ0n) is 11.3. The molecule has 5 nitrogen and oxygen atoms in total. The molecule has 3 N–H and O–H groups in total. The number of hydrogen-bond donors (Lipinski definition) is 3. The predicted molar refractivity (Wildman–Crippen MR) is 79.0 cm³/mol. The van der Waals surface area contributed by atoms with Gasteiger partial charge in [-0.3, -0.25) is 0 Å². The van der Waals surface area contributed by atoms with Crippen molar-refractivity contribution in [2.45, 2.75) is 25.8 Å². The predicted octanol–water partition coefficient (Wildman–Crippen LogP) is 2.88. The van der Waals surface area contributed by atoms with Gasteiger partial charge in [-0.15, -0.1) is 0 Å². The molecule has 0 bridgehead atoms. The third-order valence-electron chi connectivity index (χ3n) is 3.33. The SMILES string of the molecule is CC(CCc1ccco1)Nc1ccc2[nH]c(=O)[nH]c2c1. The molecule has 0 saturated carbocycles. The van der Waals surface area contributed by atoms with Gasteiger partial charge >= 0.3 is 5.69 Å². The number of hydrogen-bond acceptors (Lipinski definition) is 3. The van der Waals surface area contributed by atoms with Gasteiger partial charge < -0.3 is 19.7 Å². The van der Waals surface area contributed by atoms with E-state index in [9.17, 15) is 4.79 Å². The second kappa shape index (κ2) is 5.28. The van der Waals surface area contributed by atoms with Gasteiger partial charge in [0.25, 0.3) is 0 Å². The summed E-state index contributed by atoms with van der Waals surface area (Å²) in [4.78, 5) is 16.7. The molecule has 1 aromatic carbocycles. The van der Waals surface area contributed by atoms with E-state index in [4.69, 9.17) is 4.42 Å². The Bertz CT molecular complexity index is 740. The minimum absolute atomic E-state index is 0.178. The first-order valence-corrected chi connectivity index (χ1v) is 6.72. The Labute approximate surface area is 116 Å². The first kappa shape index (κ1) is 12.6. The standard InChI is InChI=1S/C15H17N3O2/c1-10(4-6-12-3-2-8-20-12)16-11-5-7-13-14(9-11)18-15(19)17-13/h2-3,5,7-10,16H,4,6H2,1H3,(H2,17,18,19). The van der Waals surface area contributed by atoms with Crippen molar-refractivity contribution < 1.29 is 4.42 Å². The minimum Gasteiger partial charge on any atom is -0.469 e. The van der Waals surface area contributed by atoms with Gasteiger partial charge in [-0.25, -0.2) is 4.79 Å². The van der Waals surface area contributed by atoms with Crippen LogP contribution in [0, 0.1) is 0 Å². The highest BCUT2D eigenvalue weighted by atomic mass is 16.3. The number of fused-ring (bicyclic) bond motifs is 1. The van der Waals surface area contributed by atoms with E-state index in [0.717, 1.165) is 35.3 Å². The van der Waals surface area contributed by atoms with E-state index in [2.05, 4.69) is 22.2 Å². The Hall–Kier alpha value is -2.43. The maximum atomic E-state index is 11.2. The molecule has 0 spiro atoms. The normalized spacial score (nSPS) is 12.7. The van der Waals surface area contributed by atoms with Gasteiger partial charge in [-0.1, -0.05) is 0 Å². The quantitative estimate of drug-likeness (QED) is 0.668. The molecule has 0 aliphatic rings. The maximum Gasteiger partial charge on any atom is 0.323 e. The number of H-pyrrole nitrogens is 2. The molecule has 3 rings (SSSR count). The molecule has 0 aliphatic carbocycles. The fourth-order valence-electron chi connectivity index (χ4n) is 2.29. The molecule has 104 valence electrons. The highest BCUT2D eigenvalue weighted by Crippen LogP contribution is 2.16. The zero-order valence-corrected chi connectivity index (χ0v) is 11.3. The molecule has 2 aromatic heterocycles.